The lowest BCUT2D eigenvalue weighted by Gasteiger charge is -2.04. The summed E-state index contributed by atoms with van der Waals surface area (Å²) in [7, 11) is 0. The fourth-order valence-electron chi connectivity index (χ4n) is 1.32. The third-order valence-corrected chi connectivity index (χ3v) is 3.09. The van der Waals surface area contributed by atoms with Crippen LogP contribution in [0.1, 0.15) is 9.88 Å². The average Bonchev–Trinajstić information content (AvgIpc) is 2.83. The second kappa shape index (κ2) is 6.10. The molecular formula is C13H10FNO3S. The van der Waals surface area contributed by atoms with Gasteiger partial charge in [0.25, 0.3) is 0 Å². The topological polar surface area (TPSA) is 59.4 Å². The summed E-state index contributed by atoms with van der Waals surface area (Å²) >= 11 is 1.29. The van der Waals surface area contributed by atoms with Crippen molar-refractivity contribution < 1.29 is 19.0 Å². The van der Waals surface area contributed by atoms with Gasteiger partial charge in [-0.3, -0.25) is 0 Å². The van der Waals surface area contributed by atoms with Gasteiger partial charge in [-0.25, -0.2) is 14.2 Å². The van der Waals surface area contributed by atoms with Crippen LogP contribution in [0.15, 0.2) is 36.5 Å². The van der Waals surface area contributed by atoms with Gasteiger partial charge in [-0.15, -0.1) is 11.3 Å². The lowest BCUT2D eigenvalue weighted by Crippen LogP contribution is -1.96. The predicted molar refractivity (Wildman–Crippen MR) is 69.5 cm³/mol. The molecule has 1 heterocycles. The number of nitrogens with zero attached hydrogens (tertiary/aromatic N) is 1. The Bertz CT molecular complexity index is 609. The van der Waals surface area contributed by atoms with Crippen molar-refractivity contribution >= 4 is 23.4 Å². The van der Waals surface area contributed by atoms with Crippen LogP contribution in [0.4, 0.5) is 4.39 Å². The average molecular weight is 279 g/mol. The van der Waals surface area contributed by atoms with Gasteiger partial charge in [0.2, 0.25) is 0 Å². The normalized spacial score (nSPS) is 10.8. The molecule has 2 rings (SSSR count). The Balaban J connectivity index is 1.97. The van der Waals surface area contributed by atoms with Crippen LogP contribution < -0.4 is 4.74 Å². The lowest BCUT2D eigenvalue weighted by molar-refractivity contribution is -0.131. The smallest absolute Gasteiger partial charge is 0.328 e. The minimum atomic E-state index is -1.02. The Kier molecular flexibility index (Phi) is 4.25. The summed E-state index contributed by atoms with van der Waals surface area (Å²) in [5.74, 6) is -1.28. The number of carboxylic acid groups (broad SMARTS) is 1. The highest BCUT2D eigenvalue weighted by Gasteiger charge is 2.04. The molecule has 0 saturated carbocycles. The first-order valence-corrected chi connectivity index (χ1v) is 6.20. The van der Waals surface area contributed by atoms with Crippen LogP contribution in [0.5, 0.6) is 5.75 Å². The van der Waals surface area contributed by atoms with E-state index in [1.54, 1.807) is 18.3 Å². The largest absolute Gasteiger partial charge is 0.483 e. The van der Waals surface area contributed by atoms with E-state index in [1.807, 2.05) is 0 Å². The van der Waals surface area contributed by atoms with Crippen molar-refractivity contribution in [2.45, 2.75) is 6.61 Å². The Morgan fingerprint density at radius 1 is 1.47 bits per heavy atom. The molecule has 0 aliphatic carbocycles. The monoisotopic (exact) mass is 279 g/mol. The highest BCUT2D eigenvalue weighted by Crippen LogP contribution is 2.20. The quantitative estimate of drug-likeness (QED) is 0.855. The van der Waals surface area contributed by atoms with Crippen LogP contribution in [0.3, 0.4) is 0 Å². The van der Waals surface area contributed by atoms with E-state index in [0.717, 1.165) is 6.08 Å². The van der Waals surface area contributed by atoms with Gasteiger partial charge in [0, 0.05) is 17.2 Å². The summed E-state index contributed by atoms with van der Waals surface area (Å²) in [4.78, 5) is 15.1. The fourth-order valence-corrected chi connectivity index (χ4v) is 2.06. The zero-order valence-corrected chi connectivity index (χ0v) is 10.6. The molecule has 0 bridgehead atoms. The van der Waals surface area contributed by atoms with E-state index >= 15 is 0 Å². The van der Waals surface area contributed by atoms with Gasteiger partial charge in [0.15, 0.2) is 11.6 Å². The van der Waals surface area contributed by atoms with Crippen molar-refractivity contribution in [3.8, 4) is 5.75 Å². The maximum atomic E-state index is 13.3. The molecule has 4 nitrogen and oxygen atoms in total. The van der Waals surface area contributed by atoms with Gasteiger partial charge >= 0.3 is 5.97 Å². The number of aromatic nitrogens is 1. The summed E-state index contributed by atoms with van der Waals surface area (Å²) < 4.78 is 18.6. The van der Waals surface area contributed by atoms with Crippen LogP contribution in [0, 0.1) is 5.82 Å². The number of rotatable bonds is 5. The van der Waals surface area contributed by atoms with Crippen molar-refractivity contribution in [3.63, 3.8) is 0 Å². The number of hydrogen-bond acceptors (Lipinski definition) is 4. The first-order chi connectivity index (χ1) is 9.15. The van der Waals surface area contributed by atoms with Crippen LogP contribution in [-0.4, -0.2) is 16.1 Å². The minimum Gasteiger partial charge on any atom is -0.483 e. The fraction of sp³-hybridized carbons (Fsp3) is 0.0769. The number of aliphatic carboxylic acids is 1. The molecule has 19 heavy (non-hydrogen) atoms. The van der Waals surface area contributed by atoms with Crippen molar-refractivity contribution in [2.75, 3.05) is 0 Å². The number of halogens is 1. The first kappa shape index (κ1) is 13.2. The third kappa shape index (κ3) is 3.89. The molecular weight excluding hydrogens is 269 g/mol. The van der Waals surface area contributed by atoms with Gasteiger partial charge in [0.05, 0.1) is 0 Å². The molecule has 0 atom stereocenters. The molecule has 0 unspecified atom stereocenters. The predicted octanol–water partition coefficient (Wildman–Crippen LogP) is 2.96. The van der Waals surface area contributed by atoms with Gasteiger partial charge in [-0.1, -0.05) is 12.1 Å². The molecule has 0 amide bonds. The van der Waals surface area contributed by atoms with E-state index in [9.17, 15) is 9.18 Å². The molecule has 0 fully saturated rings. The summed E-state index contributed by atoms with van der Waals surface area (Å²) in [5, 5.41) is 9.14. The zero-order chi connectivity index (χ0) is 13.7. The molecule has 1 aromatic heterocycles. The van der Waals surface area contributed by atoms with Crippen LogP contribution >= 0.6 is 11.3 Å². The summed E-state index contributed by atoms with van der Waals surface area (Å²) in [5.41, 5.74) is 0. The number of hydrogen-bond donors (Lipinski definition) is 1. The van der Waals surface area contributed by atoms with Gasteiger partial charge < -0.3 is 9.84 Å². The first-order valence-electron chi connectivity index (χ1n) is 5.38. The number of carboxylic acids is 1. The number of ether oxygens (including phenoxy) is 1. The standard InChI is InChI=1S/C13H10FNO3S/c14-10-3-1-2-4-11(10)18-8-12-15-7-9(19-12)5-6-13(16)17/h1-7H,8H2,(H,16,17)/b6-5+. The highest BCUT2D eigenvalue weighted by atomic mass is 32.1. The minimum absolute atomic E-state index is 0.145. The van der Waals surface area contributed by atoms with Crippen molar-refractivity contribution in [1.29, 1.82) is 0 Å². The molecule has 0 radical (unpaired) electrons. The second-order valence-electron chi connectivity index (χ2n) is 3.55. The highest BCUT2D eigenvalue weighted by molar-refractivity contribution is 7.12. The summed E-state index contributed by atoms with van der Waals surface area (Å²) in [6.45, 7) is 0.145. The Hall–Kier alpha value is -2.21. The molecule has 0 aliphatic heterocycles. The van der Waals surface area contributed by atoms with Crippen LogP contribution in [0.25, 0.3) is 6.08 Å². The Morgan fingerprint density at radius 3 is 3.00 bits per heavy atom. The maximum Gasteiger partial charge on any atom is 0.328 e. The lowest BCUT2D eigenvalue weighted by atomic mass is 10.3. The summed E-state index contributed by atoms with van der Waals surface area (Å²) in [6.07, 6.45) is 4.03. The number of thiazole rings is 1. The van der Waals surface area contributed by atoms with Crippen LogP contribution in [0.2, 0.25) is 0 Å². The van der Waals surface area contributed by atoms with E-state index in [1.165, 1.54) is 29.5 Å². The zero-order valence-electron chi connectivity index (χ0n) is 9.75. The van der Waals surface area contributed by atoms with E-state index in [-0.39, 0.29) is 12.4 Å². The molecule has 1 N–H and O–H groups in total. The number of carbonyl (C=O) groups is 1. The van der Waals surface area contributed by atoms with E-state index < -0.39 is 11.8 Å². The second-order valence-corrected chi connectivity index (χ2v) is 4.69. The maximum absolute atomic E-state index is 13.3. The summed E-state index contributed by atoms with van der Waals surface area (Å²) in [6, 6.07) is 6.12. The molecule has 98 valence electrons. The SMILES string of the molecule is O=C(O)/C=C/c1cnc(COc2ccccc2F)s1. The van der Waals surface area contributed by atoms with Gasteiger partial charge in [0.1, 0.15) is 11.6 Å². The van der Waals surface area contributed by atoms with Gasteiger partial charge in [-0.05, 0) is 18.2 Å². The molecule has 0 saturated heterocycles. The van der Waals surface area contributed by atoms with Crippen LogP contribution in [-0.2, 0) is 11.4 Å². The van der Waals surface area contributed by atoms with E-state index in [0.29, 0.717) is 9.88 Å². The molecule has 0 aliphatic rings. The van der Waals surface area contributed by atoms with Crippen molar-refractivity contribution in [3.05, 3.63) is 52.2 Å². The molecule has 0 spiro atoms. The molecule has 2 aromatic rings. The third-order valence-electron chi connectivity index (χ3n) is 2.15. The van der Waals surface area contributed by atoms with Crippen molar-refractivity contribution in [2.24, 2.45) is 0 Å². The molecule has 1 aromatic carbocycles. The Labute approximate surface area is 112 Å². The van der Waals surface area contributed by atoms with E-state index in [4.69, 9.17) is 9.84 Å². The van der Waals surface area contributed by atoms with Gasteiger partial charge in [-0.2, -0.15) is 0 Å². The number of para-hydroxylation sites is 1. The van der Waals surface area contributed by atoms with E-state index in [2.05, 4.69) is 4.98 Å². The molecule has 6 heteroatoms. The Morgan fingerprint density at radius 2 is 2.26 bits per heavy atom. The number of benzene rings is 1. The van der Waals surface area contributed by atoms with Crippen molar-refractivity contribution in [1.82, 2.24) is 4.98 Å².